The first kappa shape index (κ1) is 14.9. The minimum absolute atomic E-state index is 0.110. The number of rotatable bonds is 3. The Morgan fingerprint density at radius 2 is 1.95 bits per heavy atom. The van der Waals surface area contributed by atoms with Crippen molar-refractivity contribution in [2.24, 2.45) is 0 Å². The Kier molecular flexibility index (Phi) is 3.53. The predicted octanol–water partition coefficient (Wildman–Crippen LogP) is -0.205. The van der Waals surface area contributed by atoms with E-state index < -0.39 is 17.4 Å². The lowest BCUT2D eigenvalue weighted by Crippen LogP contribution is -2.60. The summed E-state index contributed by atoms with van der Waals surface area (Å²) < 4.78 is 35.4. The van der Waals surface area contributed by atoms with Gasteiger partial charge in [0.05, 0.1) is 6.61 Å². The van der Waals surface area contributed by atoms with Crippen LogP contribution in [0.25, 0.3) is 0 Å². The van der Waals surface area contributed by atoms with Crippen molar-refractivity contribution in [3.8, 4) is 0 Å². The Morgan fingerprint density at radius 1 is 1.20 bits per heavy atom. The van der Waals surface area contributed by atoms with E-state index in [0.29, 0.717) is 13.2 Å². The van der Waals surface area contributed by atoms with E-state index in [2.05, 4.69) is 0 Å². The van der Waals surface area contributed by atoms with Crippen LogP contribution in [0.3, 0.4) is 0 Å². The number of ether oxygens (including phenoxy) is 6. The van der Waals surface area contributed by atoms with Gasteiger partial charge in [-0.1, -0.05) is 0 Å². The summed E-state index contributed by atoms with van der Waals surface area (Å²) in [7, 11) is 2.65. The molecule has 3 heterocycles. The largest absolute Gasteiger partial charge is 0.379 e. The molecule has 3 saturated heterocycles. The first-order valence-corrected chi connectivity index (χ1v) is 8.61. The van der Waals surface area contributed by atoms with Gasteiger partial charge < -0.3 is 28.4 Å². The average Bonchev–Trinajstić information content (AvgIpc) is 2.84. The molecule has 116 valence electrons. The molecule has 0 aromatic heterocycles. The Balaban J connectivity index is 1.88. The molecule has 0 spiro atoms. The summed E-state index contributed by atoms with van der Waals surface area (Å²) in [6.45, 7) is 6.48. The van der Waals surface area contributed by atoms with Crippen LogP contribution in [0.1, 0.15) is 20.8 Å². The summed E-state index contributed by atoms with van der Waals surface area (Å²) >= 11 is 0. The second kappa shape index (κ2) is 4.74. The van der Waals surface area contributed by atoms with Crippen LogP contribution < -0.4 is 0 Å². The molecule has 0 bridgehead atoms. The van der Waals surface area contributed by atoms with E-state index in [-0.39, 0.29) is 18.3 Å². The third-order valence-corrected chi connectivity index (χ3v) is 5.48. The quantitative estimate of drug-likeness (QED) is 0.673. The molecule has 0 aromatic carbocycles. The molecular formula is C13H24O6Si. The fourth-order valence-corrected chi connectivity index (χ4v) is 3.56. The SMILES string of the molecule is COC[C@@]12OC[C@H]3OC(C)(C[SiH3])O[C@H]3[C@@H]1OC(C)(C)O2. The highest BCUT2D eigenvalue weighted by atomic mass is 28.1. The van der Waals surface area contributed by atoms with Gasteiger partial charge in [0, 0.05) is 17.4 Å². The van der Waals surface area contributed by atoms with Gasteiger partial charge in [-0.3, -0.25) is 0 Å². The first-order valence-electron chi connectivity index (χ1n) is 7.20. The lowest BCUT2D eigenvalue weighted by atomic mass is 9.97. The van der Waals surface area contributed by atoms with Gasteiger partial charge in [-0.05, 0) is 26.8 Å². The minimum atomic E-state index is -0.904. The van der Waals surface area contributed by atoms with Crippen molar-refractivity contribution in [3.05, 3.63) is 0 Å². The van der Waals surface area contributed by atoms with Crippen molar-refractivity contribution >= 4 is 10.2 Å². The van der Waals surface area contributed by atoms with Gasteiger partial charge in [0.15, 0.2) is 11.6 Å². The Labute approximate surface area is 122 Å². The maximum absolute atomic E-state index is 6.15. The van der Waals surface area contributed by atoms with Crippen LogP contribution in [0.15, 0.2) is 0 Å². The molecule has 0 aromatic rings. The molecule has 3 fully saturated rings. The molecule has 0 N–H and O–H groups in total. The predicted molar refractivity (Wildman–Crippen MR) is 73.5 cm³/mol. The smallest absolute Gasteiger partial charge is 0.224 e. The van der Waals surface area contributed by atoms with Gasteiger partial charge in [0.2, 0.25) is 5.79 Å². The molecule has 1 unspecified atom stereocenters. The maximum Gasteiger partial charge on any atom is 0.224 e. The van der Waals surface area contributed by atoms with Crippen LogP contribution in [-0.4, -0.2) is 66.2 Å². The van der Waals surface area contributed by atoms with E-state index in [0.717, 1.165) is 16.3 Å². The van der Waals surface area contributed by atoms with Crippen molar-refractivity contribution < 1.29 is 28.4 Å². The van der Waals surface area contributed by atoms with E-state index in [1.165, 1.54) is 0 Å². The number of methoxy groups -OCH3 is 1. The van der Waals surface area contributed by atoms with Crippen LogP contribution in [0.4, 0.5) is 0 Å². The fraction of sp³-hybridized carbons (Fsp3) is 1.00. The summed E-state index contributed by atoms with van der Waals surface area (Å²) in [5.74, 6) is -2.15. The van der Waals surface area contributed by atoms with E-state index >= 15 is 0 Å². The molecule has 7 heteroatoms. The van der Waals surface area contributed by atoms with Gasteiger partial charge in [0.25, 0.3) is 0 Å². The van der Waals surface area contributed by atoms with Crippen molar-refractivity contribution in [2.45, 2.75) is 62.5 Å². The van der Waals surface area contributed by atoms with E-state index in [9.17, 15) is 0 Å². The zero-order valence-corrected chi connectivity index (χ0v) is 14.8. The molecule has 20 heavy (non-hydrogen) atoms. The van der Waals surface area contributed by atoms with Crippen molar-refractivity contribution in [1.29, 1.82) is 0 Å². The molecule has 5 atom stereocenters. The van der Waals surface area contributed by atoms with Gasteiger partial charge in [-0.15, -0.1) is 0 Å². The summed E-state index contributed by atoms with van der Waals surface area (Å²) in [4.78, 5) is 0. The topological polar surface area (TPSA) is 55.4 Å². The van der Waals surface area contributed by atoms with E-state index in [1.807, 2.05) is 20.8 Å². The lowest BCUT2D eigenvalue weighted by molar-refractivity contribution is -0.296. The third kappa shape index (κ3) is 2.25. The van der Waals surface area contributed by atoms with Crippen LogP contribution in [0.2, 0.25) is 6.04 Å². The van der Waals surface area contributed by atoms with Gasteiger partial charge in [-0.2, -0.15) is 0 Å². The van der Waals surface area contributed by atoms with Crippen LogP contribution in [0.5, 0.6) is 0 Å². The summed E-state index contributed by atoms with van der Waals surface area (Å²) in [6, 6.07) is 0.911. The second-order valence-corrected chi connectivity index (χ2v) is 7.03. The zero-order chi connectivity index (χ0) is 14.6. The molecule has 6 nitrogen and oxygen atoms in total. The van der Waals surface area contributed by atoms with Crippen molar-refractivity contribution in [1.82, 2.24) is 0 Å². The highest BCUT2D eigenvalue weighted by molar-refractivity contribution is 6.09. The van der Waals surface area contributed by atoms with Crippen LogP contribution in [-0.2, 0) is 28.4 Å². The average molecular weight is 304 g/mol. The highest BCUT2D eigenvalue weighted by Crippen LogP contribution is 2.47. The third-order valence-electron chi connectivity index (χ3n) is 4.19. The number of fused-ring (bicyclic) bond motifs is 3. The minimum Gasteiger partial charge on any atom is -0.379 e. The zero-order valence-electron chi connectivity index (χ0n) is 12.8. The Bertz CT molecular complexity index is 391. The fourth-order valence-electron chi connectivity index (χ4n) is 3.23. The standard InChI is InChI=1S/C13H24O6Si/c1-11(2)18-10-9-8(16-12(3,7-20)17-9)5-15-13(10,19-11)6-14-4/h8-10H,5-7H2,1-4,20H3/t8-,9-,10+,12?,13+/m1/s1. The molecule has 0 aliphatic carbocycles. The number of hydrogen-bond acceptors (Lipinski definition) is 6. The monoisotopic (exact) mass is 304 g/mol. The van der Waals surface area contributed by atoms with Gasteiger partial charge in [-0.25, -0.2) is 0 Å². The number of hydrogen-bond donors (Lipinski definition) is 0. The Hall–Kier alpha value is -0.0231. The molecule has 0 amide bonds. The summed E-state index contributed by atoms with van der Waals surface area (Å²) in [5, 5.41) is 0. The molecule has 3 aliphatic rings. The van der Waals surface area contributed by atoms with Crippen LogP contribution in [0, 0.1) is 0 Å². The molecular weight excluding hydrogens is 280 g/mol. The molecule has 3 rings (SSSR count). The normalized spacial score (nSPS) is 50.1. The van der Waals surface area contributed by atoms with Gasteiger partial charge >= 0.3 is 0 Å². The first-order chi connectivity index (χ1) is 9.33. The van der Waals surface area contributed by atoms with E-state index in [4.69, 9.17) is 28.4 Å². The van der Waals surface area contributed by atoms with Gasteiger partial charge in [0.1, 0.15) is 24.9 Å². The molecule has 3 aliphatic heterocycles. The highest BCUT2D eigenvalue weighted by Gasteiger charge is 2.65. The maximum atomic E-state index is 6.15. The van der Waals surface area contributed by atoms with Crippen LogP contribution >= 0.6 is 0 Å². The van der Waals surface area contributed by atoms with Crippen molar-refractivity contribution in [3.63, 3.8) is 0 Å². The van der Waals surface area contributed by atoms with E-state index in [1.54, 1.807) is 7.11 Å². The lowest BCUT2D eigenvalue weighted by Gasteiger charge is -2.40. The summed E-state index contributed by atoms with van der Waals surface area (Å²) in [5.41, 5.74) is 0. The Morgan fingerprint density at radius 3 is 2.60 bits per heavy atom. The van der Waals surface area contributed by atoms with Crippen molar-refractivity contribution in [2.75, 3.05) is 20.3 Å². The molecule has 0 saturated carbocycles. The summed E-state index contributed by atoms with van der Waals surface area (Å²) in [6.07, 6.45) is -0.632. The molecule has 0 radical (unpaired) electrons. The second-order valence-electron chi connectivity index (χ2n) is 6.32.